The van der Waals surface area contributed by atoms with Crippen molar-refractivity contribution in [2.45, 2.75) is 45.3 Å². The molecule has 2 aliphatic heterocycles. The third-order valence-corrected chi connectivity index (χ3v) is 3.27. The summed E-state index contributed by atoms with van der Waals surface area (Å²) in [6, 6.07) is 0.0488. The molecule has 0 bridgehead atoms. The maximum Gasteiger partial charge on any atom is 0.323 e. The summed E-state index contributed by atoms with van der Waals surface area (Å²) in [6.45, 7) is 6.37. The molecule has 2 rings (SSSR count). The topological polar surface area (TPSA) is 29.5 Å². The molecule has 3 heteroatoms. The standard InChI is InChI=1S/C11H19NO2/c1-8-4-3-5-12(7-8)10-6-9(2)14-11(10)13/h8-10H,3-7H2,1-2H3. The number of cyclic esters (lactones) is 1. The second-order valence-electron chi connectivity index (χ2n) is 4.74. The fourth-order valence-electron chi connectivity index (χ4n) is 2.54. The first-order valence-electron chi connectivity index (χ1n) is 5.61. The number of carbonyl (C=O) groups is 1. The molecule has 0 aliphatic carbocycles. The van der Waals surface area contributed by atoms with Crippen LogP contribution in [0.2, 0.25) is 0 Å². The highest BCUT2D eigenvalue weighted by Gasteiger charge is 2.37. The summed E-state index contributed by atoms with van der Waals surface area (Å²) in [5.74, 6) is 0.721. The molecule has 14 heavy (non-hydrogen) atoms. The fourth-order valence-corrected chi connectivity index (χ4v) is 2.54. The number of likely N-dealkylation sites (tertiary alicyclic amines) is 1. The number of esters is 1. The predicted molar refractivity (Wildman–Crippen MR) is 53.9 cm³/mol. The van der Waals surface area contributed by atoms with Gasteiger partial charge in [0.15, 0.2) is 0 Å². The Hall–Kier alpha value is -0.570. The van der Waals surface area contributed by atoms with Gasteiger partial charge in [-0.15, -0.1) is 0 Å². The maximum absolute atomic E-state index is 11.5. The van der Waals surface area contributed by atoms with Crippen molar-refractivity contribution in [2.24, 2.45) is 5.92 Å². The van der Waals surface area contributed by atoms with Crippen molar-refractivity contribution in [3.05, 3.63) is 0 Å². The predicted octanol–water partition coefficient (Wildman–Crippen LogP) is 1.42. The molecule has 3 unspecified atom stereocenters. The molecule has 0 spiro atoms. The molecule has 2 aliphatic rings. The minimum absolute atomic E-state index is 0.00778. The van der Waals surface area contributed by atoms with E-state index in [-0.39, 0.29) is 18.1 Å². The molecule has 0 amide bonds. The molecule has 3 nitrogen and oxygen atoms in total. The molecule has 0 aromatic carbocycles. The molecule has 0 radical (unpaired) electrons. The first kappa shape index (κ1) is 9.97. The van der Waals surface area contributed by atoms with Gasteiger partial charge >= 0.3 is 5.97 Å². The van der Waals surface area contributed by atoms with Crippen LogP contribution < -0.4 is 0 Å². The SMILES string of the molecule is CC1CCCN(C2CC(C)OC2=O)C1. The zero-order chi connectivity index (χ0) is 10.1. The highest BCUT2D eigenvalue weighted by atomic mass is 16.6. The quantitative estimate of drug-likeness (QED) is 0.595. The van der Waals surface area contributed by atoms with Gasteiger partial charge in [0.05, 0.1) is 0 Å². The molecular formula is C11H19NO2. The van der Waals surface area contributed by atoms with Crippen molar-refractivity contribution in [1.29, 1.82) is 0 Å². The minimum Gasteiger partial charge on any atom is -0.461 e. The zero-order valence-electron chi connectivity index (χ0n) is 9.03. The largest absolute Gasteiger partial charge is 0.461 e. The summed E-state index contributed by atoms with van der Waals surface area (Å²) in [5.41, 5.74) is 0. The smallest absolute Gasteiger partial charge is 0.323 e. The van der Waals surface area contributed by atoms with Gasteiger partial charge in [0.25, 0.3) is 0 Å². The Morgan fingerprint density at radius 1 is 1.43 bits per heavy atom. The summed E-state index contributed by atoms with van der Waals surface area (Å²) in [4.78, 5) is 13.8. The van der Waals surface area contributed by atoms with Gasteiger partial charge in [-0.2, -0.15) is 0 Å². The van der Waals surface area contributed by atoms with E-state index in [4.69, 9.17) is 4.74 Å². The molecular weight excluding hydrogens is 178 g/mol. The Bertz CT molecular complexity index is 229. The van der Waals surface area contributed by atoms with Crippen LogP contribution in [-0.4, -0.2) is 36.1 Å². The summed E-state index contributed by atoms with van der Waals surface area (Å²) in [5, 5.41) is 0. The van der Waals surface area contributed by atoms with E-state index in [0.717, 1.165) is 25.4 Å². The van der Waals surface area contributed by atoms with Gasteiger partial charge in [0.2, 0.25) is 0 Å². The first-order chi connectivity index (χ1) is 6.66. The molecule has 0 aromatic heterocycles. The van der Waals surface area contributed by atoms with Gasteiger partial charge in [-0.1, -0.05) is 6.92 Å². The van der Waals surface area contributed by atoms with E-state index in [1.54, 1.807) is 0 Å². The van der Waals surface area contributed by atoms with Crippen molar-refractivity contribution in [3.63, 3.8) is 0 Å². The Labute approximate surface area is 85.4 Å². The van der Waals surface area contributed by atoms with Crippen LogP contribution in [-0.2, 0) is 9.53 Å². The average Bonchev–Trinajstić information content (AvgIpc) is 2.45. The fraction of sp³-hybridized carbons (Fsp3) is 0.909. The van der Waals surface area contributed by atoms with Crippen LogP contribution in [0.3, 0.4) is 0 Å². The van der Waals surface area contributed by atoms with E-state index in [9.17, 15) is 4.79 Å². The Morgan fingerprint density at radius 3 is 2.79 bits per heavy atom. The van der Waals surface area contributed by atoms with Gasteiger partial charge in [-0.3, -0.25) is 9.69 Å². The van der Waals surface area contributed by atoms with Crippen LogP contribution in [0.5, 0.6) is 0 Å². The monoisotopic (exact) mass is 197 g/mol. The number of hydrogen-bond acceptors (Lipinski definition) is 3. The zero-order valence-corrected chi connectivity index (χ0v) is 9.03. The van der Waals surface area contributed by atoms with E-state index in [2.05, 4.69) is 11.8 Å². The van der Waals surface area contributed by atoms with Crippen molar-refractivity contribution < 1.29 is 9.53 Å². The van der Waals surface area contributed by atoms with Gasteiger partial charge in [-0.25, -0.2) is 0 Å². The van der Waals surface area contributed by atoms with E-state index in [0.29, 0.717) is 0 Å². The summed E-state index contributed by atoms with van der Waals surface area (Å²) in [6.07, 6.45) is 3.52. The van der Waals surface area contributed by atoms with Gasteiger partial charge in [0, 0.05) is 13.0 Å². The van der Waals surface area contributed by atoms with E-state index in [1.807, 2.05) is 6.92 Å². The lowest BCUT2D eigenvalue weighted by Gasteiger charge is -2.33. The van der Waals surface area contributed by atoms with Crippen LogP contribution in [0.25, 0.3) is 0 Å². The van der Waals surface area contributed by atoms with E-state index in [1.165, 1.54) is 12.8 Å². The summed E-state index contributed by atoms with van der Waals surface area (Å²) < 4.78 is 5.18. The maximum atomic E-state index is 11.5. The second kappa shape index (κ2) is 3.89. The van der Waals surface area contributed by atoms with Crippen LogP contribution in [0.1, 0.15) is 33.1 Å². The molecule has 2 fully saturated rings. The van der Waals surface area contributed by atoms with Crippen LogP contribution >= 0.6 is 0 Å². The number of rotatable bonds is 1. The molecule has 2 heterocycles. The molecule has 0 aromatic rings. The van der Waals surface area contributed by atoms with E-state index >= 15 is 0 Å². The molecule has 2 saturated heterocycles. The lowest BCUT2D eigenvalue weighted by molar-refractivity contribution is -0.145. The minimum atomic E-state index is -0.00778. The average molecular weight is 197 g/mol. The Balaban J connectivity index is 1.97. The number of carbonyl (C=O) groups excluding carboxylic acids is 1. The van der Waals surface area contributed by atoms with Crippen LogP contribution in [0.15, 0.2) is 0 Å². The third kappa shape index (κ3) is 1.92. The number of hydrogen-bond donors (Lipinski definition) is 0. The molecule has 0 N–H and O–H groups in total. The molecule has 0 saturated carbocycles. The molecule has 80 valence electrons. The second-order valence-corrected chi connectivity index (χ2v) is 4.74. The molecule has 3 atom stereocenters. The van der Waals surface area contributed by atoms with Gasteiger partial charge in [0.1, 0.15) is 12.1 Å². The van der Waals surface area contributed by atoms with Crippen molar-refractivity contribution in [1.82, 2.24) is 4.90 Å². The number of piperidine rings is 1. The third-order valence-electron chi connectivity index (χ3n) is 3.27. The Morgan fingerprint density at radius 2 is 2.21 bits per heavy atom. The van der Waals surface area contributed by atoms with Crippen LogP contribution in [0, 0.1) is 5.92 Å². The van der Waals surface area contributed by atoms with Gasteiger partial charge in [-0.05, 0) is 32.2 Å². The number of nitrogens with zero attached hydrogens (tertiary/aromatic N) is 1. The van der Waals surface area contributed by atoms with Crippen molar-refractivity contribution >= 4 is 5.97 Å². The van der Waals surface area contributed by atoms with E-state index < -0.39 is 0 Å². The van der Waals surface area contributed by atoms with Gasteiger partial charge < -0.3 is 4.74 Å². The summed E-state index contributed by atoms with van der Waals surface area (Å²) >= 11 is 0. The Kier molecular flexibility index (Phi) is 2.77. The normalized spacial score (nSPS) is 39.9. The van der Waals surface area contributed by atoms with Crippen molar-refractivity contribution in [3.8, 4) is 0 Å². The van der Waals surface area contributed by atoms with Crippen LogP contribution in [0.4, 0.5) is 0 Å². The summed E-state index contributed by atoms with van der Waals surface area (Å²) in [7, 11) is 0. The van der Waals surface area contributed by atoms with Crippen molar-refractivity contribution in [2.75, 3.05) is 13.1 Å². The lowest BCUT2D eigenvalue weighted by Crippen LogP contribution is -2.44. The number of ether oxygens (including phenoxy) is 1. The first-order valence-corrected chi connectivity index (χ1v) is 5.61. The lowest BCUT2D eigenvalue weighted by atomic mass is 9.98. The highest BCUT2D eigenvalue weighted by molar-refractivity contribution is 5.78. The highest BCUT2D eigenvalue weighted by Crippen LogP contribution is 2.25.